The fourth-order valence-electron chi connectivity index (χ4n) is 2.99. The first-order chi connectivity index (χ1) is 13.7. The lowest BCUT2D eigenvalue weighted by Crippen LogP contribution is -2.37. The van der Waals surface area contributed by atoms with Crippen molar-refractivity contribution in [2.45, 2.75) is 26.4 Å². The summed E-state index contributed by atoms with van der Waals surface area (Å²) < 4.78 is 3.59. The summed E-state index contributed by atoms with van der Waals surface area (Å²) in [5.41, 5.74) is 0.00863. The molecule has 0 radical (unpaired) electrons. The molecule has 2 N–H and O–H groups in total. The van der Waals surface area contributed by atoms with Gasteiger partial charge in [0.15, 0.2) is 11.2 Å². The molecule has 0 fully saturated rings. The lowest BCUT2D eigenvalue weighted by molar-refractivity contribution is -0.116. The minimum absolute atomic E-state index is 0.0496. The third-order valence-corrected chi connectivity index (χ3v) is 4.40. The number of hydrogen-bond acceptors (Lipinski definition) is 5. The van der Waals surface area contributed by atoms with Crippen LogP contribution in [-0.4, -0.2) is 36.5 Å². The minimum Gasteiger partial charge on any atom is -0.350 e. The molecule has 10 heteroatoms. The van der Waals surface area contributed by atoms with Crippen LogP contribution in [0.5, 0.6) is 0 Å². The van der Waals surface area contributed by atoms with E-state index in [1.807, 2.05) is 13.8 Å². The number of fused-ring (bicyclic) bond motifs is 1. The molecule has 0 unspecified atom stereocenters. The van der Waals surface area contributed by atoms with Crippen molar-refractivity contribution in [3.05, 3.63) is 57.0 Å². The molecule has 10 nitrogen and oxygen atoms in total. The van der Waals surface area contributed by atoms with Crippen LogP contribution < -0.4 is 21.9 Å². The Hall–Kier alpha value is -3.69. The molecule has 0 spiro atoms. The highest BCUT2D eigenvalue weighted by Crippen LogP contribution is 2.15. The summed E-state index contributed by atoms with van der Waals surface area (Å²) in [5.74, 6) is -0.738. The smallest absolute Gasteiger partial charge is 0.332 e. The van der Waals surface area contributed by atoms with E-state index in [9.17, 15) is 19.2 Å². The Morgan fingerprint density at radius 3 is 2.48 bits per heavy atom. The van der Waals surface area contributed by atoms with Crippen LogP contribution in [0.25, 0.3) is 11.2 Å². The number of nitrogens with one attached hydrogen (secondary N) is 2. The zero-order valence-electron chi connectivity index (χ0n) is 16.6. The van der Waals surface area contributed by atoms with Gasteiger partial charge in [0, 0.05) is 20.1 Å². The van der Waals surface area contributed by atoms with Gasteiger partial charge in [-0.1, -0.05) is 12.1 Å². The van der Waals surface area contributed by atoms with E-state index in [1.165, 1.54) is 29.6 Å². The van der Waals surface area contributed by atoms with E-state index in [-0.39, 0.29) is 29.7 Å². The first kappa shape index (κ1) is 20.1. The van der Waals surface area contributed by atoms with Crippen LogP contribution in [0.3, 0.4) is 0 Å². The molecule has 0 aliphatic heterocycles. The number of rotatable bonds is 5. The number of para-hydroxylation sites is 1. The van der Waals surface area contributed by atoms with Crippen LogP contribution in [0, 0.1) is 0 Å². The molecular weight excluding hydrogens is 376 g/mol. The molecule has 0 bridgehead atoms. The van der Waals surface area contributed by atoms with Gasteiger partial charge in [-0.15, -0.1) is 0 Å². The van der Waals surface area contributed by atoms with E-state index in [0.717, 1.165) is 4.57 Å². The van der Waals surface area contributed by atoms with Crippen molar-refractivity contribution in [3.63, 3.8) is 0 Å². The molecule has 0 saturated heterocycles. The van der Waals surface area contributed by atoms with Gasteiger partial charge in [-0.25, -0.2) is 9.78 Å². The van der Waals surface area contributed by atoms with Gasteiger partial charge in [-0.05, 0) is 26.0 Å². The number of carbonyl (C=O) groups excluding carboxylic acids is 2. The SMILES string of the molecule is CC(C)NC(=O)c1ccccc1NC(=O)Cn1cnc2c1c(=O)n(C)c(=O)n2C. The van der Waals surface area contributed by atoms with Gasteiger partial charge in [-0.2, -0.15) is 0 Å². The Morgan fingerprint density at radius 1 is 1.10 bits per heavy atom. The largest absolute Gasteiger partial charge is 0.350 e. The zero-order chi connectivity index (χ0) is 21.3. The normalized spacial score (nSPS) is 11.1. The number of benzene rings is 1. The van der Waals surface area contributed by atoms with E-state index >= 15 is 0 Å². The van der Waals surface area contributed by atoms with Crippen molar-refractivity contribution in [1.82, 2.24) is 24.0 Å². The average molecular weight is 398 g/mol. The number of carbonyl (C=O) groups is 2. The summed E-state index contributed by atoms with van der Waals surface area (Å²) in [4.78, 5) is 53.5. The predicted octanol–water partition coefficient (Wildman–Crippen LogP) is 0.211. The molecule has 1 aromatic carbocycles. The number of anilines is 1. The van der Waals surface area contributed by atoms with E-state index < -0.39 is 17.2 Å². The van der Waals surface area contributed by atoms with Crippen molar-refractivity contribution in [1.29, 1.82) is 0 Å². The summed E-state index contributed by atoms with van der Waals surface area (Å²) in [6, 6.07) is 6.61. The summed E-state index contributed by atoms with van der Waals surface area (Å²) in [6.45, 7) is 3.48. The highest BCUT2D eigenvalue weighted by atomic mass is 16.2. The fraction of sp³-hybridized carbons (Fsp3) is 0.316. The number of amides is 2. The van der Waals surface area contributed by atoms with Crippen LogP contribution in [0.15, 0.2) is 40.2 Å². The van der Waals surface area contributed by atoms with Crippen LogP contribution in [0.1, 0.15) is 24.2 Å². The highest BCUT2D eigenvalue weighted by Gasteiger charge is 2.18. The molecule has 3 rings (SSSR count). The molecule has 3 aromatic rings. The maximum Gasteiger partial charge on any atom is 0.332 e. The van der Waals surface area contributed by atoms with Gasteiger partial charge < -0.3 is 15.2 Å². The van der Waals surface area contributed by atoms with E-state index in [0.29, 0.717) is 11.3 Å². The molecule has 2 aromatic heterocycles. The highest BCUT2D eigenvalue weighted by molar-refractivity contribution is 6.03. The number of aryl methyl sites for hydroxylation is 1. The lowest BCUT2D eigenvalue weighted by atomic mass is 10.1. The second kappa shape index (κ2) is 7.74. The Bertz CT molecular complexity index is 1220. The summed E-state index contributed by atoms with van der Waals surface area (Å²) >= 11 is 0. The first-order valence-corrected chi connectivity index (χ1v) is 9.01. The minimum atomic E-state index is -0.537. The third-order valence-electron chi connectivity index (χ3n) is 4.40. The molecule has 0 atom stereocenters. The van der Waals surface area contributed by atoms with Gasteiger partial charge >= 0.3 is 5.69 Å². The van der Waals surface area contributed by atoms with Gasteiger partial charge in [0.1, 0.15) is 6.54 Å². The van der Waals surface area contributed by atoms with Crippen molar-refractivity contribution < 1.29 is 9.59 Å². The maximum atomic E-state index is 12.6. The second-order valence-corrected chi connectivity index (χ2v) is 6.97. The molecule has 0 aliphatic rings. The van der Waals surface area contributed by atoms with Crippen molar-refractivity contribution in [2.75, 3.05) is 5.32 Å². The molecule has 0 aliphatic carbocycles. The van der Waals surface area contributed by atoms with Gasteiger partial charge in [0.05, 0.1) is 17.6 Å². The Balaban J connectivity index is 1.89. The number of hydrogen-bond donors (Lipinski definition) is 2. The standard InChI is InChI=1S/C19H22N6O4/c1-11(2)21-17(27)12-7-5-6-8-13(12)22-14(26)9-25-10-20-16-15(25)18(28)24(4)19(29)23(16)3/h5-8,10-11H,9H2,1-4H3,(H,21,27)(H,22,26). The van der Waals surface area contributed by atoms with Gasteiger partial charge in [-0.3, -0.25) is 23.5 Å². The lowest BCUT2D eigenvalue weighted by Gasteiger charge is -2.13. The fourth-order valence-corrected chi connectivity index (χ4v) is 2.99. The molecular formula is C19H22N6O4. The molecule has 2 amide bonds. The summed E-state index contributed by atoms with van der Waals surface area (Å²) in [7, 11) is 2.87. The second-order valence-electron chi connectivity index (χ2n) is 6.97. The van der Waals surface area contributed by atoms with Crippen molar-refractivity contribution in [3.8, 4) is 0 Å². The third kappa shape index (κ3) is 3.82. The van der Waals surface area contributed by atoms with Crippen molar-refractivity contribution in [2.24, 2.45) is 14.1 Å². The monoisotopic (exact) mass is 398 g/mol. The van der Waals surface area contributed by atoms with Crippen LogP contribution in [0.2, 0.25) is 0 Å². The summed E-state index contributed by atoms with van der Waals surface area (Å²) in [5, 5.41) is 5.49. The molecule has 152 valence electrons. The zero-order valence-corrected chi connectivity index (χ0v) is 16.6. The van der Waals surface area contributed by atoms with E-state index in [4.69, 9.17) is 0 Å². The average Bonchev–Trinajstić information content (AvgIpc) is 3.08. The van der Waals surface area contributed by atoms with E-state index in [2.05, 4.69) is 15.6 Å². The molecule has 29 heavy (non-hydrogen) atoms. The number of nitrogens with zero attached hydrogens (tertiary/aromatic N) is 4. The number of imidazole rings is 1. The predicted molar refractivity (Wildman–Crippen MR) is 108 cm³/mol. The van der Waals surface area contributed by atoms with Crippen LogP contribution >= 0.6 is 0 Å². The van der Waals surface area contributed by atoms with Gasteiger partial charge in [0.2, 0.25) is 5.91 Å². The Labute approximate surface area is 165 Å². The number of aromatic nitrogens is 4. The Kier molecular flexibility index (Phi) is 5.35. The van der Waals surface area contributed by atoms with Gasteiger partial charge in [0.25, 0.3) is 11.5 Å². The van der Waals surface area contributed by atoms with Crippen LogP contribution in [-0.2, 0) is 25.4 Å². The molecule has 2 heterocycles. The molecule has 0 saturated carbocycles. The topological polar surface area (TPSA) is 120 Å². The summed E-state index contributed by atoms with van der Waals surface area (Å²) in [6.07, 6.45) is 1.34. The quantitative estimate of drug-likeness (QED) is 0.637. The van der Waals surface area contributed by atoms with Crippen molar-refractivity contribution >= 4 is 28.7 Å². The van der Waals surface area contributed by atoms with Crippen LogP contribution in [0.4, 0.5) is 5.69 Å². The Morgan fingerprint density at radius 2 is 1.79 bits per heavy atom. The first-order valence-electron chi connectivity index (χ1n) is 9.01. The maximum absolute atomic E-state index is 12.6. The van der Waals surface area contributed by atoms with E-state index in [1.54, 1.807) is 24.3 Å².